The van der Waals surface area contributed by atoms with Gasteiger partial charge in [-0.2, -0.15) is 5.10 Å². The second kappa shape index (κ2) is 4.86. The van der Waals surface area contributed by atoms with Crippen LogP contribution in [0, 0.1) is 26.7 Å². The van der Waals surface area contributed by atoms with Crippen LogP contribution in [0.3, 0.4) is 0 Å². The summed E-state index contributed by atoms with van der Waals surface area (Å²) in [7, 11) is 0. The lowest BCUT2D eigenvalue weighted by molar-refractivity contribution is 0.420. The maximum atomic E-state index is 4.52. The SMILES string of the molecule is Cc1nn(/C=C/C2CCCCC2)c(C)c1C. The van der Waals surface area contributed by atoms with Gasteiger partial charge in [0.1, 0.15) is 0 Å². The molecule has 1 aliphatic rings. The van der Waals surface area contributed by atoms with Crippen LogP contribution in [0.2, 0.25) is 0 Å². The van der Waals surface area contributed by atoms with Crippen molar-refractivity contribution in [2.24, 2.45) is 5.92 Å². The zero-order valence-electron chi connectivity index (χ0n) is 10.7. The van der Waals surface area contributed by atoms with Crippen molar-refractivity contribution >= 4 is 6.20 Å². The largest absolute Gasteiger partial charge is 0.245 e. The Labute approximate surface area is 98.4 Å². The van der Waals surface area contributed by atoms with Gasteiger partial charge in [0.15, 0.2) is 0 Å². The Hall–Kier alpha value is -1.05. The molecule has 0 aliphatic heterocycles. The Kier molecular flexibility index (Phi) is 3.47. The molecule has 0 bridgehead atoms. The molecule has 1 aromatic rings. The summed E-state index contributed by atoms with van der Waals surface area (Å²) >= 11 is 0. The van der Waals surface area contributed by atoms with Gasteiger partial charge in [-0.05, 0) is 45.1 Å². The number of allylic oxidation sites excluding steroid dienone is 1. The summed E-state index contributed by atoms with van der Waals surface area (Å²) < 4.78 is 2.03. The Bertz CT molecular complexity index is 382. The number of hydrogen-bond donors (Lipinski definition) is 0. The van der Waals surface area contributed by atoms with Crippen LogP contribution < -0.4 is 0 Å². The molecular formula is C14H22N2. The van der Waals surface area contributed by atoms with E-state index in [0.717, 1.165) is 11.6 Å². The van der Waals surface area contributed by atoms with Crippen LogP contribution in [0.25, 0.3) is 6.20 Å². The van der Waals surface area contributed by atoms with Crippen LogP contribution in [0.1, 0.15) is 49.1 Å². The summed E-state index contributed by atoms with van der Waals surface area (Å²) in [6.07, 6.45) is 11.4. The second-order valence-corrected chi connectivity index (χ2v) is 4.98. The molecule has 0 aromatic carbocycles. The summed E-state index contributed by atoms with van der Waals surface area (Å²) in [5.41, 5.74) is 3.73. The molecule has 2 nitrogen and oxygen atoms in total. The lowest BCUT2D eigenvalue weighted by atomic mass is 9.89. The van der Waals surface area contributed by atoms with Gasteiger partial charge < -0.3 is 0 Å². The van der Waals surface area contributed by atoms with E-state index >= 15 is 0 Å². The van der Waals surface area contributed by atoms with Gasteiger partial charge >= 0.3 is 0 Å². The molecule has 1 heterocycles. The maximum Gasteiger partial charge on any atom is 0.0629 e. The summed E-state index contributed by atoms with van der Waals surface area (Å²) in [4.78, 5) is 0. The average Bonchev–Trinajstić information content (AvgIpc) is 2.56. The zero-order valence-corrected chi connectivity index (χ0v) is 10.7. The number of rotatable bonds is 2. The highest BCUT2D eigenvalue weighted by Crippen LogP contribution is 2.25. The first-order valence-electron chi connectivity index (χ1n) is 6.39. The summed E-state index contributed by atoms with van der Waals surface area (Å²) in [5, 5.41) is 4.52. The molecular weight excluding hydrogens is 196 g/mol. The Morgan fingerprint density at radius 2 is 1.81 bits per heavy atom. The smallest absolute Gasteiger partial charge is 0.0629 e. The molecule has 2 heteroatoms. The van der Waals surface area contributed by atoms with Crippen molar-refractivity contribution in [2.45, 2.75) is 52.9 Å². The third kappa shape index (κ3) is 2.37. The lowest BCUT2D eigenvalue weighted by Gasteiger charge is -2.17. The van der Waals surface area contributed by atoms with Crippen molar-refractivity contribution in [1.82, 2.24) is 9.78 Å². The average molecular weight is 218 g/mol. The van der Waals surface area contributed by atoms with Crippen LogP contribution in [0.15, 0.2) is 6.08 Å². The van der Waals surface area contributed by atoms with Crippen LogP contribution >= 0.6 is 0 Å². The third-order valence-corrected chi connectivity index (χ3v) is 3.84. The molecule has 1 aliphatic carbocycles. The number of aromatic nitrogens is 2. The van der Waals surface area contributed by atoms with Crippen LogP contribution in [-0.2, 0) is 0 Å². The van der Waals surface area contributed by atoms with Crippen molar-refractivity contribution in [3.8, 4) is 0 Å². The fourth-order valence-electron chi connectivity index (χ4n) is 2.42. The fourth-order valence-corrected chi connectivity index (χ4v) is 2.42. The monoisotopic (exact) mass is 218 g/mol. The molecule has 16 heavy (non-hydrogen) atoms. The van der Waals surface area contributed by atoms with Crippen LogP contribution in [0.5, 0.6) is 0 Å². The van der Waals surface area contributed by atoms with Gasteiger partial charge in [0.25, 0.3) is 0 Å². The quantitative estimate of drug-likeness (QED) is 0.737. The van der Waals surface area contributed by atoms with Crippen molar-refractivity contribution in [3.05, 3.63) is 23.0 Å². The first-order valence-corrected chi connectivity index (χ1v) is 6.39. The van der Waals surface area contributed by atoms with Gasteiger partial charge in [-0.15, -0.1) is 0 Å². The molecule has 0 atom stereocenters. The van der Waals surface area contributed by atoms with E-state index in [2.05, 4.69) is 38.1 Å². The fraction of sp³-hybridized carbons (Fsp3) is 0.643. The third-order valence-electron chi connectivity index (χ3n) is 3.84. The van der Waals surface area contributed by atoms with E-state index in [1.807, 2.05) is 4.68 Å². The molecule has 0 N–H and O–H groups in total. The Morgan fingerprint density at radius 1 is 1.12 bits per heavy atom. The minimum Gasteiger partial charge on any atom is -0.245 e. The Morgan fingerprint density at radius 3 is 2.38 bits per heavy atom. The predicted molar refractivity (Wildman–Crippen MR) is 68.3 cm³/mol. The molecule has 2 rings (SSSR count). The van der Waals surface area contributed by atoms with Crippen molar-refractivity contribution < 1.29 is 0 Å². The van der Waals surface area contributed by atoms with Crippen molar-refractivity contribution in [2.75, 3.05) is 0 Å². The van der Waals surface area contributed by atoms with E-state index in [9.17, 15) is 0 Å². The molecule has 0 radical (unpaired) electrons. The highest BCUT2D eigenvalue weighted by molar-refractivity contribution is 5.32. The summed E-state index contributed by atoms with van der Waals surface area (Å²) in [5.74, 6) is 0.776. The van der Waals surface area contributed by atoms with Crippen molar-refractivity contribution in [1.29, 1.82) is 0 Å². The van der Waals surface area contributed by atoms with Crippen molar-refractivity contribution in [3.63, 3.8) is 0 Å². The van der Waals surface area contributed by atoms with Crippen LogP contribution in [0.4, 0.5) is 0 Å². The highest BCUT2D eigenvalue weighted by Gasteiger charge is 2.10. The topological polar surface area (TPSA) is 17.8 Å². The highest BCUT2D eigenvalue weighted by atomic mass is 15.3. The van der Waals surface area contributed by atoms with E-state index in [1.165, 1.54) is 43.4 Å². The van der Waals surface area contributed by atoms with Gasteiger partial charge in [-0.1, -0.05) is 25.3 Å². The van der Waals surface area contributed by atoms with Gasteiger partial charge in [0, 0.05) is 11.9 Å². The maximum absolute atomic E-state index is 4.52. The number of hydrogen-bond acceptors (Lipinski definition) is 1. The molecule has 1 saturated carbocycles. The van der Waals surface area contributed by atoms with E-state index in [0.29, 0.717) is 0 Å². The first kappa shape index (κ1) is 11.4. The minimum absolute atomic E-state index is 0.776. The van der Waals surface area contributed by atoms with Gasteiger partial charge in [0.05, 0.1) is 5.69 Å². The van der Waals surface area contributed by atoms with E-state index in [4.69, 9.17) is 0 Å². The normalized spacial score (nSPS) is 18.4. The molecule has 0 spiro atoms. The molecule has 0 unspecified atom stereocenters. The zero-order chi connectivity index (χ0) is 11.5. The van der Waals surface area contributed by atoms with Gasteiger partial charge in [-0.25, -0.2) is 4.68 Å². The standard InChI is InChI=1S/C14H22N2/c1-11-12(2)15-16(13(11)3)10-9-14-7-5-4-6-8-14/h9-10,14H,4-8H2,1-3H3/b10-9+. The predicted octanol–water partition coefficient (Wildman–Crippen LogP) is 3.86. The molecule has 1 aromatic heterocycles. The molecule has 1 fully saturated rings. The molecule has 88 valence electrons. The minimum atomic E-state index is 0.776. The summed E-state index contributed by atoms with van der Waals surface area (Å²) in [6, 6.07) is 0. The Balaban J connectivity index is 2.07. The summed E-state index contributed by atoms with van der Waals surface area (Å²) in [6.45, 7) is 6.36. The van der Waals surface area contributed by atoms with E-state index in [-0.39, 0.29) is 0 Å². The first-order chi connectivity index (χ1) is 7.68. The second-order valence-electron chi connectivity index (χ2n) is 4.98. The van der Waals surface area contributed by atoms with Crippen LogP contribution in [-0.4, -0.2) is 9.78 Å². The van der Waals surface area contributed by atoms with E-state index in [1.54, 1.807) is 0 Å². The number of nitrogens with zero attached hydrogens (tertiary/aromatic N) is 2. The molecule has 0 saturated heterocycles. The van der Waals surface area contributed by atoms with Gasteiger partial charge in [-0.3, -0.25) is 0 Å². The molecule has 0 amide bonds. The van der Waals surface area contributed by atoms with E-state index < -0.39 is 0 Å². The number of aryl methyl sites for hydroxylation is 1. The van der Waals surface area contributed by atoms with Gasteiger partial charge in [0.2, 0.25) is 0 Å². The lowest BCUT2D eigenvalue weighted by Crippen LogP contribution is -2.03.